The van der Waals surface area contributed by atoms with E-state index in [2.05, 4.69) is 28.9 Å². The molecule has 8 heteroatoms. The molecule has 0 aromatic heterocycles. The highest BCUT2D eigenvalue weighted by atomic mass is 16.5. The Labute approximate surface area is 178 Å². The molecule has 0 amide bonds. The Balaban J connectivity index is 0.000000469. The molecule has 0 unspecified atom stereocenters. The highest BCUT2D eigenvalue weighted by Gasteiger charge is 2.27. The van der Waals surface area contributed by atoms with Crippen molar-refractivity contribution in [2.45, 2.75) is 45.2 Å². The second-order valence-electron chi connectivity index (χ2n) is 8.03. The minimum Gasteiger partial charge on any atom is -0.493 e. The fourth-order valence-corrected chi connectivity index (χ4v) is 4.13. The van der Waals surface area contributed by atoms with Gasteiger partial charge in [-0.25, -0.2) is 9.59 Å². The van der Waals surface area contributed by atoms with E-state index in [1.807, 2.05) is 6.07 Å². The van der Waals surface area contributed by atoms with Crippen molar-refractivity contribution in [1.29, 1.82) is 0 Å². The van der Waals surface area contributed by atoms with Crippen LogP contribution in [0.25, 0.3) is 0 Å². The third-order valence-corrected chi connectivity index (χ3v) is 5.95. The van der Waals surface area contributed by atoms with E-state index in [9.17, 15) is 0 Å². The number of carbonyl (C=O) groups is 2. The van der Waals surface area contributed by atoms with Gasteiger partial charge in [-0.1, -0.05) is 13.0 Å². The Morgan fingerprint density at radius 3 is 2.00 bits per heavy atom. The van der Waals surface area contributed by atoms with Crippen molar-refractivity contribution in [2.75, 3.05) is 40.4 Å². The van der Waals surface area contributed by atoms with E-state index in [1.54, 1.807) is 14.2 Å². The fraction of sp³-hybridized carbons (Fsp3) is 0.636. The molecular weight excluding hydrogens is 388 g/mol. The van der Waals surface area contributed by atoms with Gasteiger partial charge >= 0.3 is 11.9 Å². The smallest absolute Gasteiger partial charge is 0.414 e. The Hall–Kier alpha value is -2.32. The van der Waals surface area contributed by atoms with Gasteiger partial charge in [0.1, 0.15) is 0 Å². The molecule has 0 atom stereocenters. The molecule has 1 heterocycles. The number of carboxylic acid groups (broad SMARTS) is 2. The molecule has 0 radical (unpaired) electrons. The number of rotatable bonds is 5. The summed E-state index contributed by atoms with van der Waals surface area (Å²) in [5, 5.41) is 14.8. The molecule has 8 nitrogen and oxygen atoms in total. The van der Waals surface area contributed by atoms with Gasteiger partial charge in [-0.05, 0) is 49.3 Å². The zero-order valence-electron chi connectivity index (χ0n) is 18.2. The lowest BCUT2D eigenvalue weighted by Gasteiger charge is -2.41. The minimum absolute atomic E-state index is 0.803. The van der Waals surface area contributed by atoms with Gasteiger partial charge in [0, 0.05) is 38.8 Å². The van der Waals surface area contributed by atoms with Crippen LogP contribution < -0.4 is 9.47 Å². The first-order valence-corrected chi connectivity index (χ1v) is 10.5. The van der Waals surface area contributed by atoms with Crippen molar-refractivity contribution in [2.24, 2.45) is 5.92 Å². The van der Waals surface area contributed by atoms with Crippen molar-refractivity contribution < 1.29 is 29.3 Å². The third-order valence-electron chi connectivity index (χ3n) is 5.95. The number of aliphatic carboxylic acids is 2. The Morgan fingerprint density at radius 2 is 1.50 bits per heavy atom. The SMILES string of the molecule is COc1ccc(CN2CCN(C3CCC(C)CC3)CC2)cc1OC.O=C(O)C(=O)O. The van der Waals surface area contributed by atoms with E-state index in [0.29, 0.717) is 0 Å². The molecule has 1 aromatic carbocycles. The Kier molecular flexibility index (Phi) is 9.39. The van der Waals surface area contributed by atoms with Crippen LogP contribution in [0.1, 0.15) is 38.2 Å². The maximum absolute atomic E-state index is 9.10. The van der Waals surface area contributed by atoms with Crippen LogP contribution in [0.15, 0.2) is 18.2 Å². The first-order valence-electron chi connectivity index (χ1n) is 10.5. The molecule has 2 fully saturated rings. The van der Waals surface area contributed by atoms with Crippen molar-refractivity contribution in [1.82, 2.24) is 9.80 Å². The number of benzene rings is 1. The molecule has 1 saturated heterocycles. The maximum atomic E-state index is 9.10. The van der Waals surface area contributed by atoms with Gasteiger partial charge in [-0.3, -0.25) is 9.80 Å². The van der Waals surface area contributed by atoms with Crippen LogP contribution in [-0.4, -0.2) is 78.4 Å². The normalized spacial score (nSPS) is 22.5. The number of hydrogen-bond donors (Lipinski definition) is 2. The molecule has 1 aromatic rings. The summed E-state index contributed by atoms with van der Waals surface area (Å²) in [4.78, 5) is 23.5. The largest absolute Gasteiger partial charge is 0.493 e. The molecule has 3 rings (SSSR count). The van der Waals surface area contributed by atoms with Gasteiger partial charge in [0.15, 0.2) is 11.5 Å². The summed E-state index contributed by atoms with van der Waals surface area (Å²) in [6.07, 6.45) is 5.63. The van der Waals surface area contributed by atoms with Crippen LogP contribution in [0.2, 0.25) is 0 Å². The molecule has 168 valence electrons. The monoisotopic (exact) mass is 422 g/mol. The topological polar surface area (TPSA) is 99.5 Å². The zero-order chi connectivity index (χ0) is 22.1. The first kappa shape index (κ1) is 24.0. The predicted molar refractivity (Wildman–Crippen MR) is 113 cm³/mol. The lowest BCUT2D eigenvalue weighted by atomic mass is 9.86. The second-order valence-corrected chi connectivity index (χ2v) is 8.03. The summed E-state index contributed by atoms with van der Waals surface area (Å²) >= 11 is 0. The highest BCUT2D eigenvalue weighted by Crippen LogP contribution is 2.29. The van der Waals surface area contributed by atoms with Crippen molar-refractivity contribution >= 4 is 11.9 Å². The standard InChI is InChI=1S/C20H32N2O2.C2H2O4/c1-16-4-7-18(8-5-16)22-12-10-21(11-13-22)15-17-6-9-19(23-2)20(14-17)24-3;3-1(4)2(5)6/h6,9,14,16,18H,4-5,7-8,10-13,15H2,1-3H3;(H,3,4)(H,5,6). The number of piperazine rings is 1. The average molecular weight is 423 g/mol. The molecule has 0 spiro atoms. The molecule has 2 N–H and O–H groups in total. The van der Waals surface area contributed by atoms with Gasteiger partial charge in [0.05, 0.1) is 14.2 Å². The van der Waals surface area contributed by atoms with E-state index in [0.717, 1.165) is 30.0 Å². The van der Waals surface area contributed by atoms with Crippen LogP contribution in [0.5, 0.6) is 11.5 Å². The van der Waals surface area contributed by atoms with Gasteiger partial charge in [0.2, 0.25) is 0 Å². The van der Waals surface area contributed by atoms with Crippen LogP contribution in [0.4, 0.5) is 0 Å². The van der Waals surface area contributed by atoms with Crippen LogP contribution in [0, 0.1) is 5.92 Å². The second kappa shape index (κ2) is 11.8. The molecule has 1 aliphatic heterocycles. The Morgan fingerprint density at radius 1 is 0.933 bits per heavy atom. The van der Waals surface area contributed by atoms with E-state index in [4.69, 9.17) is 29.3 Å². The van der Waals surface area contributed by atoms with E-state index in [-0.39, 0.29) is 0 Å². The van der Waals surface area contributed by atoms with Crippen molar-refractivity contribution in [3.05, 3.63) is 23.8 Å². The summed E-state index contributed by atoms with van der Waals surface area (Å²) in [5.74, 6) is -1.08. The van der Waals surface area contributed by atoms with Crippen LogP contribution >= 0.6 is 0 Å². The lowest BCUT2D eigenvalue weighted by Crippen LogP contribution is -2.50. The van der Waals surface area contributed by atoms with E-state index >= 15 is 0 Å². The number of carboxylic acids is 2. The number of methoxy groups -OCH3 is 2. The molecule has 0 bridgehead atoms. The highest BCUT2D eigenvalue weighted by molar-refractivity contribution is 6.27. The van der Waals surface area contributed by atoms with E-state index in [1.165, 1.54) is 57.4 Å². The summed E-state index contributed by atoms with van der Waals surface area (Å²) in [5.41, 5.74) is 1.30. The summed E-state index contributed by atoms with van der Waals surface area (Å²) in [6, 6.07) is 7.10. The fourth-order valence-electron chi connectivity index (χ4n) is 4.13. The molecule has 1 saturated carbocycles. The maximum Gasteiger partial charge on any atom is 0.414 e. The average Bonchev–Trinajstić information content (AvgIpc) is 2.75. The van der Waals surface area contributed by atoms with Gasteiger partial charge in [-0.2, -0.15) is 0 Å². The lowest BCUT2D eigenvalue weighted by molar-refractivity contribution is -0.159. The minimum atomic E-state index is -1.82. The summed E-state index contributed by atoms with van der Waals surface area (Å²) in [6.45, 7) is 8.16. The van der Waals surface area contributed by atoms with E-state index < -0.39 is 11.9 Å². The molecule has 2 aliphatic rings. The Bertz CT molecular complexity index is 683. The quantitative estimate of drug-likeness (QED) is 0.699. The van der Waals surface area contributed by atoms with Gasteiger partial charge in [0.25, 0.3) is 0 Å². The summed E-state index contributed by atoms with van der Waals surface area (Å²) < 4.78 is 10.7. The zero-order valence-corrected chi connectivity index (χ0v) is 18.2. The van der Waals surface area contributed by atoms with Crippen LogP contribution in [-0.2, 0) is 16.1 Å². The summed E-state index contributed by atoms with van der Waals surface area (Å²) in [7, 11) is 3.38. The predicted octanol–water partition coefficient (Wildman–Crippen LogP) is 2.56. The number of nitrogens with zero attached hydrogens (tertiary/aromatic N) is 2. The van der Waals surface area contributed by atoms with Gasteiger partial charge in [-0.15, -0.1) is 0 Å². The molecular formula is C22H34N2O6. The number of hydrogen-bond acceptors (Lipinski definition) is 6. The molecule has 1 aliphatic carbocycles. The van der Waals surface area contributed by atoms with Crippen molar-refractivity contribution in [3.8, 4) is 11.5 Å². The van der Waals surface area contributed by atoms with Gasteiger partial charge < -0.3 is 19.7 Å². The number of ether oxygens (including phenoxy) is 2. The van der Waals surface area contributed by atoms with Crippen LogP contribution in [0.3, 0.4) is 0 Å². The molecule has 30 heavy (non-hydrogen) atoms. The van der Waals surface area contributed by atoms with Crippen molar-refractivity contribution in [3.63, 3.8) is 0 Å². The third kappa shape index (κ3) is 7.18. The first-order chi connectivity index (χ1) is 14.3.